The van der Waals surface area contributed by atoms with Gasteiger partial charge in [-0.2, -0.15) is 4.89 Å². The first-order chi connectivity index (χ1) is 22.4. The Morgan fingerprint density at radius 2 is 1.22 bits per heavy atom. The zero-order valence-corrected chi connectivity index (χ0v) is 26.3. The third-order valence-electron chi connectivity index (χ3n) is 7.05. The molecule has 0 heterocycles. The van der Waals surface area contributed by atoms with E-state index in [1.54, 1.807) is 0 Å². The molecule has 0 aromatic heterocycles. The Morgan fingerprint density at radius 1 is 0.674 bits per heavy atom. The zero-order valence-electron chi connectivity index (χ0n) is 26.3. The van der Waals surface area contributed by atoms with Crippen molar-refractivity contribution in [2.24, 2.45) is 0 Å². The maximum atomic E-state index is 11.3. The summed E-state index contributed by atoms with van der Waals surface area (Å²) in [5.41, 5.74) is 8.75. The predicted molar refractivity (Wildman–Crippen MR) is 183 cm³/mol. The van der Waals surface area contributed by atoms with Crippen LogP contribution >= 0.6 is 0 Å². The standard InChI is InChI=1S/C39H39NO6/c1-5-38(41)44-27-26-43-37-23-15-32(16-24-37)33(8-7-25-45-46-39(42)6-2)28-31-13-21-36(22-14-31)40(34-17-9-29(3)10-18-34)35-19-11-30(4)12-20-35/h5-6,9-24,28H,1-2,7-8,25-27H2,3-4H3. The molecule has 0 unspecified atom stereocenters. The van der Waals surface area contributed by atoms with Crippen LogP contribution in [0.15, 0.2) is 122 Å². The van der Waals surface area contributed by atoms with Gasteiger partial charge >= 0.3 is 11.9 Å². The van der Waals surface area contributed by atoms with Gasteiger partial charge in [0.05, 0.1) is 6.61 Å². The van der Waals surface area contributed by atoms with Crippen LogP contribution in [0.3, 0.4) is 0 Å². The van der Waals surface area contributed by atoms with E-state index in [1.807, 2.05) is 24.3 Å². The number of benzene rings is 4. The molecule has 0 atom stereocenters. The van der Waals surface area contributed by atoms with Crippen LogP contribution in [-0.4, -0.2) is 31.8 Å². The fourth-order valence-electron chi connectivity index (χ4n) is 4.64. The monoisotopic (exact) mass is 617 g/mol. The van der Waals surface area contributed by atoms with E-state index in [0.717, 1.165) is 45.9 Å². The third-order valence-corrected chi connectivity index (χ3v) is 7.05. The van der Waals surface area contributed by atoms with Crippen LogP contribution < -0.4 is 9.64 Å². The van der Waals surface area contributed by atoms with Crippen molar-refractivity contribution in [3.8, 4) is 5.75 Å². The van der Waals surface area contributed by atoms with Crippen molar-refractivity contribution in [3.05, 3.63) is 145 Å². The summed E-state index contributed by atoms with van der Waals surface area (Å²) in [5.74, 6) is -0.451. The molecule has 7 heteroatoms. The lowest BCUT2D eigenvalue weighted by atomic mass is 9.98. The molecule has 0 aliphatic rings. The minimum Gasteiger partial charge on any atom is -0.490 e. The predicted octanol–water partition coefficient (Wildman–Crippen LogP) is 8.86. The van der Waals surface area contributed by atoms with Crippen LogP contribution in [0.2, 0.25) is 0 Å². The Balaban J connectivity index is 1.55. The van der Waals surface area contributed by atoms with Gasteiger partial charge in [0.1, 0.15) is 19.0 Å². The van der Waals surface area contributed by atoms with E-state index in [9.17, 15) is 9.59 Å². The first-order valence-corrected chi connectivity index (χ1v) is 15.1. The van der Waals surface area contributed by atoms with Gasteiger partial charge in [-0.15, -0.1) is 0 Å². The van der Waals surface area contributed by atoms with E-state index in [1.165, 1.54) is 11.1 Å². The number of aryl methyl sites for hydroxylation is 2. The molecule has 4 aromatic carbocycles. The normalized spacial score (nSPS) is 11.0. The molecule has 46 heavy (non-hydrogen) atoms. The van der Waals surface area contributed by atoms with Crippen LogP contribution in [0, 0.1) is 13.8 Å². The maximum Gasteiger partial charge on any atom is 0.365 e. The highest BCUT2D eigenvalue weighted by molar-refractivity contribution is 5.83. The number of carbonyl (C=O) groups excluding carboxylic acids is 2. The molecule has 0 saturated heterocycles. The number of nitrogens with zero attached hydrogens (tertiary/aromatic N) is 1. The Morgan fingerprint density at radius 3 is 1.76 bits per heavy atom. The lowest BCUT2D eigenvalue weighted by Gasteiger charge is -2.26. The fraction of sp³-hybridized carbons (Fsp3) is 0.179. The lowest BCUT2D eigenvalue weighted by Crippen LogP contribution is -2.10. The van der Waals surface area contributed by atoms with E-state index in [2.05, 4.69) is 116 Å². The van der Waals surface area contributed by atoms with Crippen LogP contribution in [0.1, 0.15) is 35.1 Å². The molecule has 4 rings (SSSR count). The average molecular weight is 618 g/mol. The van der Waals surface area contributed by atoms with Gasteiger partial charge in [-0.25, -0.2) is 9.59 Å². The Hall–Kier alpha value is -5.40. The van der Waals surface area contributed by atoms with Crippen LogP contribution in [0.5, 0.6) is 5.75 Å². The smallest absolute Gasteiger partial charge is 0.365 e. The fourth-order valence-corrected chi connectivity index (χ4v) is 4.64. The molecular formula is C39H39NO6. The molecule has 0 aliphatic carbocycles. The van der Waals surface area contributed by atoms with Crippen molar-refractivity contribution in [1.29, 1.82) is 0 Å². The van der Waals surface area contributed by atoms with Crippen molar-refractivity contribution in [1.82, 2.24) is 0 Å². The second-order valence-corrected chi connectivity index (χ2v) is 10.5. The molecule has 0 fully saturated rings. The number of rotatable bonds is 16. The molecule has 0 N–H and O–H groups in total. The third kappa shape index (κ3) is 10.1. The second-order valence-electron chi connectivity index (χ2n) is 10.5. The van der Waals surface area contributed by atoms with E-state index in [0.29, 0.717) is 18.6 Å². The first-order valence-electron chi connectivity index (χ1n) is 15.1. The number of carbonyl (C=O) groups is 2. The van der Waals surface area contributed by atoms with Gasteiger partial charge < -0.3 is 14.4 Å². The molecule has 0 saturated carbocycles. The summed E-state index contributed by atoms with van der Waals surface area (Å²) >= 11 is 0. The highest BCUT2D eigenvalue weighted by Crippen LogP contribution is 2.35. The second kappa shape index (κ2) is 17.2. The van der Waals surface area contributed by atoms with Gasteiger partial charge in [-0.1, -0.05) is 78.9 Å². The van der Waals surface area contributed by atoms with Gasteiger partial charge in [0.2, 0.25) is 0 Å². The van der Waals surface area contributed by atoms with E-state index < -0.39 is 11.9 Å². The summed E-state index contributed by atoms with van der Waals surface area (Å²) in [5, 5.41) is 0. The molecule has 0 amide bonds. The quantitative estimate of drug-likeness (QED) is 0.0310. The molecule has 0 bridgehead atoms. The van der Waals surface area contributed by atoms with Crippen molar-refractivity contribution in [2.75, 3.05) is 24.7 Å². The summed E-state index contributed by atoms with van der Waals surface area (Å²) in [6, 6.07) is 33.2. The van der Waals surface area contributed by atoms with Gasteiger partial charge in [0.15, 0.2) is 0 Å². The van der Waals surface area contributed by atoms with Crippen molar-refractivity contribution >= 4 is 40.6 Å². The Labute approximate surface area is 270 Å². The molecule has 0 spiro atoms. The van der Waals surface area contributed by atoms with Crippen molar-refractivity contribution in [3.63, 3.8) is 0 Å². The van der Waals surface area contributed by atoms with Gasteiger partial charge in [0, 0.05) is 29.2 Å². The molecular weight excluding hydrogens is 578 g/mol. The topological polar surface area (TPSA) is 74.3 Å². The minimum absolute atomic E-state index is 0.134. The maximum absolute atomic E-state index is 11.3. The van der Waals surface area contributed by atoms with Crippen LogP contribution in [-0.2, 0) is 24.1 Å². The van der Waals surface area contributed by atoms with Crippen molar-refractivity contribution in [2.45, 2.75) is 26.7 Å². The van der Waals surface area contributed by atoms with E-state index in [-0.39, 0.29) is 19.8 Å². The molecule has 4 aromatic rings. The number of ether oxygens (including phenoxy) is 2. The Bertz CT molecular complexity index is 1580. The van der Waals surface area contributed by atoms with E-state index >= 15 is 0 Å². The van der Waals surface area contributed by atoms with Crippen LogP contribution in [0.4, 0.5) is 17.1 Å². The number of anilines is 3. The zero-order chi connectivity index (χ0) is 32.7. The van der Waals surface area contributed by atoms with Gasteiger partial charge in [0.25, 0.3) is 0 Å². The molecule has 236 valence electrons. The molecule has 7 nitrogen and oxygen atoms in total. The van der Waals surface area contributed by atoms with Crippen molar-refractivity contribution < 1.29 is 28.8 Å². The Kier molecular flexibility index (Phi) is 12.5. The summed E-state index contributed by atoms with van der Waals surface area (Å²) in [6.45, 7) is 11.5. The average Bonchev–Trinajstić information content (AvgIpc) is 3.08. The molecule has 0 aliphatic heterocycles. The van der Waals surface area contributed by atoms with Crippen LogP contribution in [0.25, 0.3) is 11.6 Å². The minimum atomic E-state index is -0.629. The number of esters is 1. The highest BCUT2D eigenvalue weighted by Gasteiger charge is 2.13. The summed E-state index contributed by atoms with van der Waals surface area (Å²) in [7, 11) is 0. The van der Waals surface area contributed by atoms with E-state index in [4.69, 9.17) is 14.4 Å². The van der Waals surface area contributed by atoms with Gasteiger partial charge in [-0.05, 0) is 91.9 Å². The first kappa shape index (κ1) is 33.5. The molecule has 0 radical (unpaired) electrons. The van der Waals surface area contributed by atoms with Gasteiger partial charge in [-0.3, -0.25) is 4.89 Å². The number of allylic oxidation sites excluding steroid dienone is 1. The summed E-state index contributed by atoms with van der Waals surface area (Å²) in [6.07, 6.45) is 5.61. The largest absolute Gasteiger partial charge is 0.490 e. The summed E-state index contributed by atoms with van der Waals surface area (Å²) < 4.78 is 10.7. The lowest BCUT2D eigenvalue weighted by molar-refractivity contribution is -0.267. The number of hydrogen-bond acceptors (Lipinski definition) is 7. The summed E-state index contributed by atoms with van der Waals surface area (Å²) in [4.78, 5) is 34.5. The number of hydrogen-bond donors (Lipinski definition) is 0. The highest BCUT2D eigenvalue weighted by atomic mass is 17.2. The SMILES string of the molecule is C=CC(=O)OCCOc1ccc(C(=Cc2ccc(N(c3ccc(C)cc3)c3ccc(C)cc3)cc2)CCCOOC(=O)C=C)cc1.